The smallest absolute Gasteiger partial charge is 0.227 e. The zero-order valence-electron chi connectivity index (χ0n) is 13.7. The minimum Gasteiger partial charge on any atom is -0.481 e. The van der Waals surface area contributed by atoms with Crippen LogP contribution in [0.15, 0.2) is 42.6 Å². The fourth-order valence-electron chi connectivity index (χ4n) is 2.86. The van der Waals surface area contributed by atoms with E-state index in [2.05, 4.69) is 10.3 Å². The summed E-state index contributed by atoms with van der Waals surface area (Å²) >= 11 is 0. The molecule has 0 saturated carbocycles. The monoisotopic (exact) mass is 343 g/mol. The molecule has 1 saturated heterocycles. The summed E-state index contributed by atoms with van der Waals surface area (Å²) in [5, 5.41) is 2.79. The normalized spacial score (nSPS) is 16.8. The van der Waals surface area contributed by atoms with Crippen molar-refractivity contribution >= 4 is 17.5 Å². The van der Waals surface area contributed by atoms with Crippen LogP contribution in [0.2, 0.25) is 0 Å². The lowest BCUT2D eigenvalue weighted by atomic mass is 10.1. The summed E-state index contributed by atoms with van der Waals surface area (Å²) in [7, 11) is 1.51. The van der Waals surface area contributed by atoms with Crippen LogP contribution in [0.25, 0.3) is 0 Å². The third-order valence-electron chi connectivity index (χ3n) is 4.14. The van der Waals surface area contributed by atoms with Crippen LogP contribution in [0.1, 0.15) is 12.0 Å². The van der Waals surface area contributed by atoms with Crippen LogP contribution in [0, 0.1) is 11.7 Å². The number of rotatable bonds is 5. The van der Waals surface area contributed by atoms with E-state index in [1.807, 2.05) is 0 Å². The molecule has 1 aliphatic rings. The van der Waals surface area contributed by atoms with Gasteiger partial charge >= 0.3 is 0 Å². The molecule has 2 aromatic rings. The maximum absolute atomic E-state index is 13.9. The largest absolute Gasteiger partial charge is 0.481 e. The van der Waals surface area contributed by atoms with Crippen LogP contribution in [0.5, 0.6) is 5.88 Å². The number of benzene rings is 1. The van der Waals surface area contributed by atoms with Crippen LogP contribution in [0.3, 0.4) is 0 Å². The molecule has 0 bridgehead atoms. The number of aromatic nitrogens is 1. The van der Waals surface area contributed by atoms with Gasteiger partial charge in [-0.3, -0.25) is 9.59 Å². The lowest BCUT2D eigenvalue weighted by molar-refractivity contribution is -0.126. The Morgan fingerprint density at radius 3 is 2.92 bits per heavy atom. The van der Waals surface area contributed by atoms with Gasteiger partial charge in [-0.05, 0) is 18.2 Å². The third-order valence-corrected chi connectivity index (χ3v) is 4.14. The van der Waals surface area contributed by atoms with Gasteiger partial charge in [0.2, 0.25) is 17.7 Å². The number of ether oxygens (including phenoxy) is 1. The first-order valence-corrected chi connectivity index (χ1v) is 7.90. The van der Waals surface area contributed by atoms with Crippen molar-refractivity contribution < 1.29 is 18.7 Å². The maximum Gasteiger partial charge on any atom is 0.227 e. The van der Waals surface area contributed by atoms with E-state index in [4.69, 9.17) is 4.74 Å². The topological polar surface area (TPSA) is 71.5 Å². The molecule has 6 nitrogen and oxygen atoms in total. The number of anilines is 1. The molecule has 25 heavy (non-hydrogen) atoms. The van der Waals surface area contributed by atoms with Crippen molar-refractivity contribution in [3.05, 3.63) is 54.0 Å². The van der Waals surface area contributed by atoms with Gasteiger partial charge in [0.1, 0.15) is 5.82 Å². The van der Waals surface area contributed by atoms with Gasteiger partial charge in [0, 0.05) is 31.3 Å². The van der Waals surface area contributed by atoms with Crippen molar-refractivity contribution in [1.29, 1.82) is 0 Å². The standard InChI is InChI=1S/C18H18FN3O3/c1-25-18-12(5-4-8-20-18)10-21-17(24)13-9-16(23)22(11-13)15-7-3-2-6-14(15)19/h2-8,13H,9-11H2,1H3,(H,21,24)/t13-/m1/s1. The number of para-hydroxylation sites is 1. The Bertz CT molecular complexity index is 797. The van der Waals surface area contributed by atoms with E-state index in [0.717, 1.165) is 5.56 Å². The molecule has 0 aliphatic carbocycles. The zero-order chi connectivity index (χ0) is 17.8. The predicted molar refractivity (Wildman–Crippen MR) is 89.5 cm³/mol. The molecule has 7 heteroatoms. The maximum atomic E-state index is 13.9. The highest BCUT2D eigenvalue weighted by atomic mass is 19.1. The van der Waals surface area contributed by atoms with E-state index in [1.54, 1.807) is 30.5 Å². The van der Waals surface area contributed by atoms with Crippen molar-refractivity contribution in [1.82, 2.24) is 10.3 Å². The zero-order valence-corrected chi connectivity index (χ0v) is 13.7. The molecule has 1 aliphatic heterocycles. The number of methoxy groups -OCH3 is 1. The van der Waals surface area contributed by atoms with Gasteiger partial charge in [0.25, 0.3) is 0 Å². The van der Waals surface area contributed by atoms with Gasteiger partial charge in [-0.15, -0.1) is 0 Å². The summed E-state index contributed by atoms with van der Waals surface area (Å²) in [5.41, 5.74) is 0.949. The average Bonchev–Trinajstić information content (AvgIpc) is 3.02. The van der Waals surface area contributed by atoms with Crippen molar-refractivity contribution in [2.24, 2.45) is 5.92 Å². The van der Waals surface area contributed by atoms with E-state index >= 15 is 0 Å². The molecule has 0 radical (unpaired) electrons. The Balaban J connectivity index is 1.64. The van der Waals surface area contributed by atoms with Crippen LogP contribution in [-0.2, 0) is 16.1 Å². The lowest BCUT2D eigenvalue weighted by Gasteiger charge is -2.17. The molecule has 1 atom stereocenters. The highest BCUT2D eigenvalue weighted by molar-refractivity contribution is 6.00. The van der Waals surface area contributed by atoms with E-state index in [1.165, 1.54) is 24.1 Å². The first kappa shape index (κ1) is 16.9. The average molecular weight is 343 g/mol. The summed E-state index contributed by atoms with van der Waals surface area (Å²) in [6, 6.07) is 9.61. The van der Waals surface area contributed by atoms with Gasteiger partial charge in [-0.1, -0.05) is 18.2 Å². The number of nitrogens with zero attached hydrogens (tertiary/aromatic N) is 2. The van der Waals surface area contributed by atoms with Crippen molar-refractivity contribution in [3.63, 3.8) is 0 Å². The van der Waals surface area contributed by atoms with Crippen molar-refractivity contribution in [2.45, 2.75) is 13.0 Å². The summed E-state index contributed by atoms with van der Waals surface area (Å²) in [6.07, 6.45) is 1.66. The van der Waals surface area contributed by atoms with Crippen LogP contribution < -0.4 is 15.0 Å². The summed E-state index contributed by atoms with van der Waals surface area (Å²) in [6.45, 7) is 0.413. The molecule has 2 heterocycles. The van der Waals surface area contributed by atoms with E-state index < -0.39 is 11.7 Å². The highest BCUT2D eigenvalue weighted by Crippen LogP contribution is 2.27. The number of hydrogen-bond donors (Lipinski definition) is 1. The number of nitrogens with one attached hydrogen (secondary N) is 1. The number of hydrogen-bond acceptors (Lipinski definition) is 4. The first-order valence-electron chi connectivity index (χ1n) is 7.90. The third kappa shape index (κ3) is 3.60. The number of amides is 2. The molecule has 3 rings (SSSR count). The predicted octanol–water partition coefficient (Wildman–Crippen LogP) is 1.90. The second-order valence-corrected chi connectivity index (χ2v) is 5.75. The number of pyridine rings is 1. The van der Waals surface area contributed by atoms with Crippen molar-refractivity contribution in [3.8, 4) is 5.88 Å². The first-order chi connectivity index (χ1) is 12.1. The fourth-order valence-corrected chi connectivity index (χ4v) is 2.86. The summed E-state index contributed by atoms with van der Waals surface area (Å²) in [4.78, 5) is 29.9. The van der Waals surface area contributed by atoms with Gasteiger partial charge in [0.05, 0.1) is 18.7 Å². The SMILES string of the molecule is COc1ncccc1CNC(=O)[C@@H]1CC(=O)N(c2ccccc2F)C1. The number of halogens is 1. The number of carbonyl (C=O) groups excluding carboxylic acids is 2. The Morgan fingerprint density at radius 2 is 2.16 bits per heavy atom. The van der Waals surface area contributed by atoms with Gasteiger partial charge in [0.15, 0.2) is 0 Å². The number of carbonyl (C=O) groups is 2. The molecule has 0 spiro atoms. The van der Waals surface area contributed by atoms with Gasteiger partial charge < -0.3 is 15.0 Å². The Labute approximate surface area is 144 Å². The molecular formula is C18H18FN3O3. The molecule has 1 aromatic carbocycles. The quantitative estimate of drug-likeness (QED) is 0.900. The molecule has 0 unspecified atom stereocenters. The molecular weight excluding hydrogens is 325 g/mol. The Morgan fingerprint density at radius 1 is 1.36 bits per heavy atom. The lowest BCUT2D eigenvalue weighted by Crippen LogP contribution is -2.33. The van der Waals surface area contributed by atoms with Crippen LogP contribution in [-0.4, -0.2) is 30.5 Å². The molecule has 1 aromatic heterocycles. The van der Waals surface area contributed by atoms with Gasteiger partial charge in [-0.25, -0.2) is 9.37 Å². The summed E-state index contributed by atoms with van der Waals surface area (Å²) in [5.74, 6) is -1.06. The van der Waals surface area contributed by atoms with Crippen LogP contribution in [0.4, 0.5) is 10.1 Å². The minimum atomic E-state index is -0.519. The summed E-state index contributed by atoms with van der Waals surface area (Å²) < 4.78 is 19.0. The second-order valence-electron chi connectivity index (χ2n) is 5.75. The Hall–Kier alpha value is -2.96. The minimum absolute atomic E-state index is 0.0599. The highest BCUT2D eigenvalue weighted by Gasteiger charge is 2.36. The van der Waals surface area contributed by atoms with Gasteiger partial charge in [-0.2, -0.15) is 0 Å². The fraction of sp³-hybridized carbons (Fsp3) is 0.278. The molecule has 1 fully saturated rings. The molecule has 1 N–H and O–H groups in total. The van der Waals surface area contributed by atoms with E-state index in [-0.39, 0.29) is 37.0 Å². The van der Waals surface area contributed by atoms with E-state index in [0.29, 0.717) is 5.88 Å². The Kier molecular flexibility index (Phi) is 4.92. The van der Waals surface area contributed by atoms with E-state index in [9.17, 15) is 14.0 Å². The molecule has 2 amide bonds. The van der Waals surface area contributed by atoms with Crippen LogP contribution >= 0.6 is 0 Å². The molecule has 130 valence electrons. The second kappa shape index (κ2) is 7.29. The van der Waals surface area contributed by atoms with Crippen molar-refractivity contribution in [2.75, 3.05) is 18.6 Å².